The Bertz CT molecular complexity index is 498. The first kappa shape index (κ1) is 14.9. The van der Waals surface area contributed by atoms with Crippen LogP contribution in [0.1, 0.15) is 10.6 Å². The van der Waals surface area contributed by atoms with E-state index in [-0.39, 0.29) is 24.1 Å². The molecule has 3 nitrogen and oxygen atoms in total. The molecule has 100 valence electrons. The van der Waals surface area contributed by atoms with Crippen molar-refractivity contribution in [2.45, 2.75) is 20.0 Å². The lowest BCUT2D eigenvalue weighted by molar-refractivity contribution is 0.423. The summed E-state index contributed by atoms with van der Waals surface area (Å²) in [6.45, 7) is 2.26. The zero-order valence-electron chi connectivity index (χ0n) is 9.82. The zero-order chi connectivity index (χ0) is 12.3. The molecule has 0 radical (unpaired) electrons. The van der Waals surface area contributed by atoms with E-state index in [0.717, 1.165) is 27.6 Å². The van der Waals surface area contributed by atoms with Crippen LogP contribution in [0.5, 0.6) is 0 Å². The van der Waals surface area contributed by atoms with E-state index in [4.69, 9.17) is 0 Å². The van der Waals surface area contributed by atoms with Gasteiger partial charge in [-0.15, -0.1) is 23.7 Å². The number of aryl methyl sites for hydroxylation is 1. The second-order valence-electron chi connectivity index (χ2n) is 3.62. The van der Waals surface area contributed by atoms with Crippen molar-refractivity contribution in [2.24, 2.45) is 0 Å². The fourth-order valence-electron chi connectivity index (χ4n) is 1.55. The van der Waals surface area contributed by atoms with Gasteiger partial charge in [0.15, 0.2) is 5.13 Å². The van der Waals surface area contributed by atoms with Crippen LogP contribution in [0.25, 0.3) is 0 Å². The minimum atomic E-state index is -0.432. The first-order valence-electron chi connectivity index (χ1n) is 5.27. The predicted molar refractivity (Wildman–Crippen MR) is 71.8 cm³/mol. The summed E-state index contributed by atoms with van der Waals surface area (Å²) in [6, 6.07) is 3.19. The van der Waals surface area contributed by atoms with Gasteiger partial charge in [0.05, 0.1) is 24.1 Å². The molecule has 2 rings (SSSR count). The van der Waals surface area contributed by atoms with E-state index in [0.29, 0.717) is 6.54 Å². The molecule has 0 bridgehead atoms. The van der Waals surface area contributed by atoms with Crippen molar-refractivity contribution in [2.75, 3.05) is 12.0 Å². The maximum Gasteiger partial charge on any atom is 0.176 e. The number of hydrogen-bond acceptors (Lipinski definition) is 3. The number of hydrogen-bond donors (Lipinski definition) is 1. The fourth-order valence-corrected chi connectivity index (χ4v) is 2.22. The summed E-state index contributed by atoms with van der Waals surface area (Å²) in [5, 5.41) is 7.04. The summed E-state index contributed by atoms with van der Waals surface area (Å²) in [7, 11) is 0. The smallest absolute Gasteiger partial charge is 0.176 e. The molecule has 0 amide bonds. The van der Waals surface area contributed by atoms with Crippen molar-refractivity contribution in [3.63, 3.8) is 0 Å². The van der Waals surface area contributed by atoms with Crippen LogP contribution in [0.15, 0.2) is 18.3 Å². The van der Waals surface area contributed by atoms with E-state index in [2.05, 4.69) is 10.4 Å². The number of aromatic nitrogens is 2. The van der Waals surface area contributed by atoms with Gasteiger partial charge >= 0.3 is 0 Å². The monoisotopic (exact) mass is 293 g/mol. The molecule has 0 saturated carbocycles. The van der Waals surface area contributed by atoms with Crippen molar-refractivity contribution in [3.8, 4) is 0 Å². The van der Waals surface area contributed by atoms with Gasteiger partial charge in [0.1, 0.15) is 6.67 Å². The largest absolute Gasteiger partial charge is 0.377 e. The SMILES string of the molecule is Cc1c(NCc2ccc(F)s2)cnn1CCF.Cl. The zero-order valence-corrected chi connectivity index (χ0v) is 11.5. The first-order valence-corrected chi connectivity index (χ1v) is 6.09. The van der Waals surface area contributed by atoms with Gasteiger partial charge in [-0.3, -0.25) is 4.68 Å². The van der Waals surface area contributed by atoms with Crippen LogP contribution in [-0.2, 0) is 13.1 Å². The Kier molecular flexibility index (Phi) is 5.55. The summed E-state index contributed by atoms with van der Waals surface area (Å²) < 4.78 is 26.6. The number of anilines is 1. The number of nitrogens with zero attached hydrogens (tertiary/aromatic N) is 2. The lowest BCUT2D eigenvalue weighted by Crippen LogP contribution is -2.05. The molecule has 2 aromatic heterocycles. The third-order valence-corrected chi connectivity index (χ3v) is 3.36. The van der Waals surface area contributed by atoms with Crippen LogP contribution in [0, 0.1) is 12.1 Å². The molecular formula is C11H14ClF2N3S. The molecule has 2 heterocycles. The van der Waals surface area contributed by atoms with Gasteiger partial charge in [0.2, 0.25) is 0 Å². The van der Waals surface area contributed by atoms with Crippen LogP contribution in [-0.4, -0.2) is 16.5 Å². The molecule has 0 unspecified atom stereocenters. The number of alkyl halides is 1. The van der Waals surface area contributed by atoms with Crippen molar-refractivity contribution < 1.29 is 8.78 Å². The molecule has 0 fully saturated rings. The second-order valence-corrected chi connectivity index (χ2v) is 4.73. The summed E-state index contributed by atoms with van der Waals surface area (Å²) in [5.74, 6) is 0. The highest BCUT2D eigenvalue weighted by atomic mass is 35.5. The molecule has 0 aliphatic heterocycles. The second kappa shape index (κ2) is 6.70. The molecule has 0 spiro atoms. The topological polar surface area (TPSA) is 29.9 Å². The Balaban J connectivity index is 0.00000162. The predicted octanol–water partition coefficient (Wildman–Crippen LogP) is 3.40. The van der Waals surface area contributed by atoms with Crippen LogP contribution < -0.4 is 5.32 Å². The molecule has 0 saturated heterocycles. The normalized spacial score (nSPS) is 10.2. The molecule has 0 aliphatic carbocycles. The third kappa shape index (κ3) is 3.43. The van der Waals surface area contributed by atoms with E-state index in [1.54, 1.807) is 16.9 Å². The van der Waals surface area contributed by atoms with E-state index in [9.17, 15) is 8.78 Å². The van der Waals surface area contributed by atoms with Crippen molar-refractivity contribution in [1.29, 1.82) is 0 Å². The Labute approximate surface area is 114 Å². The number of rotatable bonds is 5. The minimum Gasteiger partial charge on any atom is -0.377 e. The minimum absolute atomic E-state index is 0. The van der Waals surface area contributed by atoms with Gasteiger partial charge in [-0.25, -0.2) is 4.39 Å². The molecule has 18 heavy (non-hydrogen) atoms. The standard InChI is InChI=1S/C11H13F2N3S.ClH/c1-8-10(7-15-16(8)5-4-12)14-6-9-2-3-11(13)17-9;/h2-3,7,14H,4-6H2,1H3;1H. The fraction of sp³-hybridized carbons (Fsp3) is 0.364. The van der Waals surface area contributed by atoms with E-state index < -0.39 is 6.67 Å². The third-order valence-electron chi connectivity index (χ3n) is 2.48. The van der Waals surface area contributed by atoms with Gasteiger partial charge < -0.3 is 5.32 Å². The van der Waals surface area contributed by atoms with E-state index in [1.165, 1.54) is 6.07 Å². The Morgan fingerprint density at radius 2 is 2.22 bits per heavy atom. The van der Waals surface area contributed by atoms with Crippen molar-refractivity contribution in [3.05, 3.63) is 34.0 Å². The van der Waals surface area contributed by atoms with Crippen LogP contribution in [0.2, 0.25) is 0 Å². The maximum atomic E-state index is 12.8. The van der Waals surface area contributed by atoms with Crippen molar-refractivity contribution >= 4 is 29.4 Å². The Morgan fingerprint density at radius 1 is 1.44 bits per heavy atom. The molecule has 0 aliphatic rings. The highest BCUT2D eigenvalue weighted by Crippen LogP contribution is 2.18. The summed E-state index contributed by atoms with van der Waals surface area (Å²) in [4.78, 5) is 0.917. The van der Waals surface area contributed by atoms with Gasteiger partial charge in [-0.05, 0) is 19.1 Å². The number of thiophene rings is 1. The summed E-state index contributed by atoms with van der Waals surface area (Å²) in [6.07, 6.45) is 1.66. The number of nitrogens with one attached hydrogen (secondary N) is 1. The quantitative estimate of drug-likeness (QED) is 0.916. The van der Waals surface area contributed by atoms with E-state index >= 15 is 0 Å². The Morgan fingerprint density at radius 3 is 2.83 bits per heavy atom. The lowest BCUT2D eigenvalue weighted by Gasteiger charge is -2.04. The van der Waals surface area contributed by atoms with Gasteiger partial charge in [0.25, 0.3) is 0 Å². The van der Waals surface area contributed by atoms with Gasteiger partial charge in [-0.2, -0.15) is 9.49 Å². The number of halogens is 3. The summed E-state index contributed by atoms with van der Waals surface area (Å²) >= 11 is 1.11. The molecule has 0 atom stereocenters. The summed E-state index contributed by atoms with van der Waals surface area (Å²) in [5.41, 5.74) is 1.74. The van der Waals surface area contributed by atoms with Crippen LogP contribution >= 0.6 is 23.7 Å². The highest BCUT2D eigenvalue weighted by molar-refractivity contribution is 7.10. The van der Waals surface area contributed by atoms with E-state index in [1.807, 2.05) is 6.92 Å². The average molecular weight is 294 g/mol. The first-order chi connectivity index (χ1) is 8.20. The van der Waals surface area contributed by atoms with Crippen LogP contribution in [0.3, 0.4) is 0 Å². The molecule has 7 heteroatoms. The Hall–Kier alpha value is -1.14. The molecular weight excluding hydrogens is 280 g/mol. The van der Waals surface area contributed by atoms with Gasteiger partial charge in [-0.1, -0.05) is 0 Å². The maximum absolute atomic E-state index is 12.8. The average Bonchev–Trinajstić information content (AvgIpc) is 2.86. The van der Waals surface area contributed by atoms with Crippen LogP contribution in [0.4, 0.5) is 14.5 Å². The molecule has 1 N–H and O–H groups in total. The lowest BCUT2D eigenvalue weighted by atomic mass is 10.3. The molecule has 2 aromatic rings. The van der Waals surface area contributed by atoms with Crippen molar-refractivity contribution in [1.82, 2.24) is 9.78 Å². The van der Waals surface area contributed by atoms with Gasteiger partial charge in [0, 0.05) is 11.4 Å². The molecule has 0 aromatic carbocycles. The highest BCUT2D eigenvalue weighted by Gasteiger charge is 2.06.